The number of amides is 1. The van der Waals surface area contributed by atoms with Crippen LogP contribution in [0.2, 0.25) is 0 Å². The van der Waals surface area contributed by atoms with E-state index in [0.29, 0.717) is 0 Å². The highest BCUT2D eigenvalue weighted by Crippen LogP contribution is 2.08. The molecule has 2 aromatic rings. The normalized spacial score (nSPS) is 12.6. The lowest BCUT2D eigenvalue weighted by molar-refractivity contribution is -0.122. The molecule has 6 nitrogen and oxygen atoms in total. The molecule has 0 aliphatic heterocycles. The van der Waals surface area contributed by atoms with Gasteiger partial charge in [-0.25, -0.2) is 8.42 Å². The fraction of sp³-hybridized carbons (Fsp3) is 0.250. The molecule has 0 spiro atoms. The van der Waals surface area contributed by atoms with Gasteiger partial charge in [0.25, 0.3) is 0 Å². The van der Waals surface area contributed by atoms with E-state index in [9.17, 15) is 13.2 Å². The van der Waals surface area contributed by atoms with Crippen molar-refractivity contribution in [2.45, 2.75) is 31.3 Å². The van der Waals surface area contributed by atoms with E-state index < -0.39 is 22.0 Å². The first-order valence-corrected chi connectivity index (χ1v) is 8.64. The lowest BCUT2D eigenvalue weighted by atomic mass is 10.3. The quantitative estimate of drug-likeness (QED) is 0.836. The van der Waals surface area contributed by atoms with Gasteiger partial charge in [-0.1, -0.05) is 24.3 Å². The molecule has 0 fully saturated rings. The van der Waals surface area contributed by atoms with Crippen molar-refractivity contribution in [3.8, 4) is 0 Å². The minimum Gasteiger partial charge on any atom is -0.349 e. The summed E-state index contributed by atoms with van der Waals surface area (Å²) in [6.07, 6.45) is 0. The Kier molecular flexibility index (Phi) is 5.46. The zero-order valence-corrected chi connectivity index (χ0v) is 13.8. The SMILES string of the molecule is Cc1cccc(CNC(=O)[C@H](C)NS(=O)(=O)c2ccccc2)n1. The highest BCUT2D eigenvalue weighted by Gasteiger charge is 2.21. The fourth-order valence-corrected chi connectivity index (χ4v) is 3.21. The van der Waals surface area contributed by atoms with Crippen molar-refractivity contribution in [2.24, 2.45) is 0 Å². The van der Waals surface area contributed by atoms with Crippen molar-refractivity contribution in [3.05, 3.63) is 59.9 Å². The highest BCUT2D eigenvalue weighted by molar-refractivity contribution is 7.89. The fourth-order valence-electron chi connectivity index (χ4n) is 1.98. The molecule has 0 aliphatic rings. The lowest BCUT2D eigenvalue weighted by Crippen LogP contribution is -2.44. The zero-order valence-electron chi connectivity index (χ0n) is 13.0. The summed E-state index contributed by atoms with van der Waals surface area (Å²) in [5.41, 5.74) is 1.58. The Hall–Kier alpha value is -2.25. The molecule has 0 radical (unpaired) electrons. The number of benzene rings is 1. The van der Waals surface area contributed by atoms with Crippen molar-refractivity contribution in [1.82, 2.24) is 15.0 Å². The van der Waals surface area contributed by atoms with E-state index in [0.717, 1.165) is 11.4 Å². The van der Waals surface area contributed by atoms with E-state index in [-0.39, 0.29) is 11.4 Å². The number of pyridine rings is 1. The minimum atomic E-state index is -3.72. The predicted octanol–water partition coefficient (Wildman–Crippen LogP) is 1.37. The van der Waals surface area contributed by atoms with E-state index >= 15 is 0 Å². The summed E-state index contributed by atoms with van der Waals surface area (Å²) in [5.74, 6) is -0.409. The van der Waals surface area contributed by atoms with Gasteiger partial charge in [-0.3, -0.25) is 9.78 Å². The third kappa shape index (κ3) is 4.87. The topological polar surface area (TPSA) is 88.2 Å². The largest absolute Gasteiger partial charge is 0.349 e. The van der Waals surface area contributed by atoms with E-state index in [4.69, 9.17) is 0 Å². The second kappa shape index (κ2) is 7.34. The van der Waals surface area contributed by atoms with Crippen LogP contribution in [-0.2, 0) is 21.4 Å². The van der Waals surface area contributed by atoms with E-state index in [2.05, 4.69) is 15.0 Å². The third-order valence-corrected chi connectivity index (χ3v) is 4.73. The van der Waals surface area contributed by atoms with Crippen LogP contribution in [0, 0.1) is 6.92 Å². The second-order valence-electron chi connectivity index (χ2n) is 5.14. The first-order valence-electron chi connectivity index (χ1n) is 7.16. The predicted molar refractivity (Wildman–Crippen MR) is 87.0 cm³/mol. The zero-order chi connectivity index (χ0) is 16.9. The van der Waals surface area contributed by atoms with Gasteiger partial charge in [0.05, 0.1) is 23.2 Å². The van der Waals surface area contributed by atoms with Crippen LogP contribution >= 0.6 is 0 Å². The maximum Gasteiger partial charge on any atom is 0.241 e. The number of nitrogens with one attached hydrogen (secondary N) is 2. The Morgan fingerprint density at radius 2 is 1.83 bits per heavy atom. The molecule has 1 atom stereocenters. The molecule has 1 aromatic carbocycles. The van der Waals surface area contributed by atoms with Crippen molar-refractivity contribution < 1.29 is 13.2 Å². The van der Waals surface area contributed by atoms with Crippen molar-refractivity contribution in [3.63, 3.8) is 0 Å². The molecule has 23 heavy (non-hydrogen) atoms. The summed E-state index contributed by atoms with van der Waals surface area (Å²) in [6.45, 7) is 3.61. The van der Waals surface area contributed by atoms with Crippen LogP contribution in [0.4, 0.5) is 0 Å². The number of carbonyl (C=O) groups is 1. The molecule has 1 amide bonds. The summed E-state index contributed by atoms with van der Waals surface area (Å²) in [5, 5.41) is 2.67. The molecule has 0 saturated heterocycles. The molecule has 0 bridgehead atoms. The van der Waals surface area contributed by atoms with Gasteiger partial charge >= 0.3 is 0 Å². The average Bonchev–Trinajstić information content (AvgIpc) is 2.53. The van der Waals surface area contributed by atoms with E-state index in [1.165, 1.54) is 19.1 Å². The van der Waals surface area contributed by atoms with Crippen LogP contribution in [0.25, 0.3) is 0 Å². The van der Waals surface area contributed by atoms with Gasteiger partial charge < -0.3 is 5.32 Å². The number of hydrogen-bond donors (Lipinski definition) is 2. The molecule has 0 saturated carbocycles. The first kappa shape index (κ1) is 17.1. The molecular weight excluding hydrogens is 314 g/mol. The molecule has 0 aliphatic carbocycles. The van der Waals surface area contributed by atoms with E-state index in [1.807, 2.05) is 19.1 Å². The lowest BCUT2D eigenvalue weighted by Gasteiger charge is -2.14. The molecule has 2 rings (SSSR count). The Bertz CT molecular complexity index is 776. The van der Waals surface area contributed by atoms with Gasteiger partial charge in [-0.05, 0) is 38.1 Å². The number of sulfonamides is 1. The van der Waals surface area contributed by atoms with Crippen LogP contribution in [0.5, 0.6) is 0 Å². The molecule has 0 unspecified atom stereocenters. The highest BCUT2D eigenvalue weighted by atomic mass is 32.2. The van der Waals surface area contributed by atoms with Gasteiger partial charge in [-0.2, -0.15) is 4.72 Å². The first-order chi connectivity index (χ1) is 10.9. The molecule has 122 valence electrons. The standard InChI is InChI=1S/C16H19N3O3S/c1-12-7-6-8-14(18-12)11-17-16(20)13(2)19-23(21,22)15-9-4-3-5-10-15/h3-10,13,19H,11H2,1-2H3,(H,17,20)/t13-/m0/s1. The smallest absolute Gasteiger partial charge is 0.241 e. The Morgan fingerprint density at radius 1 is 1.13 bits per heavy atom. The maximum atomic E-state index is 12.2. The van der Waals surface area contributed by atoms with Gasteiger partial charge in [0.15, 0.2) is 0 Å². The number of aromatic nitrogens is 1. The maximum absolute atomic E-state index is 12.2. The van der Waals surface area contributed by atoms with Crippen LogP contribution in [0.1, 0.15) is 18.3 Å². The van der Waals surface area contributed by atoms with Crippen molar-refractivity contribution >= 4 is 15.9 Å². The summed E-state index contributed by atoms with van der Waals surface area (Å²) in [4.78, 5) is 16.4. The Labute approximate surface area is 136 Å². The van der Waals surface area contributed by atoms with Crippen LogP contribution in [0.15, 0.2) is 53.4 Å². The number of rotatable bonds is 6. The van der Waals surface area contributed by atoms with Crippen LogP contribution in [0.3, 0.4) is 0 Å². The second-order valence-corrected chi connectivity index (χ2v) is 6.86. The third-order valence-electron chi connectivity index (χ3n) is 3.17. The summed E-state index contributed by atoms with van der Waals surface area (Å²) >= 11 is 0. The summed E-state index contributed by atoms with van der Waals surface area (Å²) in [7, 11) is -3.72. The summed E-state index contributed by atoms with van der Waals surface area (Å²) in [6, 6.07) is 12.6. The van der Waals surface area contributed by atoms with Gasteiger partial charge in [0, 0.05) is 5.69 Å². The Morgan fingerprint density at radius 3 is 2.48 bits per heavy atom. The van der Waals surface area contributed by atoms with E-state index in [1.54, 1.807) is 24.3 Å². The molecular formula is C16H19N3O3S. The minimum absolute atomic E-state index is 0.125. The van der Waals surface area contributed by atoms with Gasteiger partial charge in [0.1, 0.15) is 0 Å². The molecule has 1 heterocycles. The van der Waals surface area contributed by atoms with Crippen molar-refractivity contribution in [1.29, 1.82) is 0 Å². The average molecular weight is 333 g/mol. The number of nitrogens with zero attached hydrogens (tertiary/aromatic N) is 1. The number of carbonyl (C=O) groups excluding carboxylic acids is 1. The number of aryl methyl sites for hydroxylation is 1. The van der Waals surface area contributed by atoms with Crippen LogP contribution < -0.4 is 10.0 Å². The van der Waals surface area contributed by atoms with Crippen molar-refractivity contribution in [2.75, 3.05) is 0 Å². The van der Waals surface area contributed by atoms with Gasteiger partial charge in [-0.15, -0.1) is 0 Å². The Balaban J connectivity index is 1.95. The molecule has 7 heteroatoms. The van der Waals surface area contributed by atoms with Gasteiger partial charge in [0.2, 0.25) is 15.9 Å². The molecule has 1 aromatic heterocycles. The molecule has 2 N–H and O–H groups in total. The van der Waals surface area contributed by atoms with Crippen LogP contribution in [-0.4, -0.2) is 25.4 Å². The summed E-state index contributed by atoms with van der Waals surface area (Å²) < 4.78 is 26.7. The number of hydrogen-bond acceptors (Lipinski definition) is 4. The monoisotopic (exact) mass is 333 g/mol.